The van der Waals surface area contributed by atoms with Gasteiger partial charge in [-0.05, 0) is 28.8 Å². The number of hydrogen-bond acceptors (Lipinski definition) is 7. The fraction of sp³-hybridized carbons (Fsp3) is 0.192. The van der Waals surface area contributed by atoms with Crippen LogP contribution < -0.4 is 4.74 Å². The summed E-state index contributed by atoms with van der Waals surface area (Å²) in [5, 5.41) is 27.1. The second-order valence-corrected chi connectivity index (χ2v) is 8.66. The van der Waals surface area contributed by atoms with Gasteiger partial charge in [-0.1, -0.05) is 41.6 Å². The Labute approximate surface area is 208 Å². The molecule has 1 fully saturated rings. The molecule has 0 bridgehead atoms. The third-order valence-electron chi connectivity index (χ3n) is 6.39. The van der Waals surface area contributed by atoms with Gasteiger partial charge < -0.3 is 24.7 Å². The number of aromatic amines is 1. The van der Waals surface area contributed by atoms with Crippen LogP contribution in [0.4, 0.5) is 8.78 Å². The highest BCUT2D eigenvalue weighted by atomic mass is 19.1. The first-order valence-corrected chi connectivity index (χ1v) is 11.5. The van der Waals surface area contributed by atoms with E-state index in [1.54, 1.807) is 41.3 Å². The topological polar surface area (TPSA) is 118 Å². The molecule has 3 atom stereocenters. The molecule has 1 aliphatic heterocycles. The quantitative estimate of drug-likeness (QED) is 0.324. The van der Waals surface area contributed by atoms with Crippen LogP contribution in [0, 0.1) is 11.6 Å². The van der Waals surface area contributed by atoms with Crippen LogP contribution >= 0.6 is 0 Å². The third-order valence-corrected chi connectivity index (χ3v) is 6.39. The SMILES string of the molecule is OC[C@H]1OC[C@@H](Oc2nc3c(F)c(-c4ccc(-c5ccc(-n6ccnn6)cc5)cc4)c(F)cc3[nH]2)C1O. The van der Waals surface area contributed by atoms with Crippen molar-refractivity contribution in [3.63, 3.8) is 0 Å². The van der Waals surface area contributed by atoms with Crippen molar-refractivity contribution >= 4 is 11.0 Å². The number of aromatic nitrogens is 5. The molecule has 3 N–H and O–H groups in total. The van der Waals surface area contributed by atoms with Crippen LogP contribution in [0.3, 0.4) is 0 Å². The first kappa shape index (κ1) is 23.2. The predicted octanol–water partition coefficient (Wildman–Crippen LogP) is 3.26. The van der Waals surface area contributed by atoms with E-state index in [-0.39, 0.29) is 35.8 Å². The highest BCUT2D eigenvalue weighted by Crippen LogP contribution is 2.34. The second kappa shape index (κ2) is 9.36. The van der Waals surface area contributed by atoms with Crippen molar-refractivity contribution in [2.75, 3.05) is 13.2 Å². The normalized spacial score (nSPS) is 19.5. The number of benzene rings is 3. The molecule has 3 heterocycles. The van der Waals surface area contributed by atoms with E-state index in [4.69, 9.17) is 9.47 Å². The average molecular weight is 505 g/mol. The maximum absolute atomic E-state index is 15.4. The Morgan fingerprint density at radius 1 is 1.05 bits per heavy atom. The van der Waals surface area contributed by atoms with Crippen molar-refractivity contribution in [3.05, 3.63) is 78.6 Å². The lowest BCUT2D eigenvalue weighted by atomic mass is 9.99. The second-order valence-electron chi connectivity index (χ2n) is 8.66. The number of hydrogen-bond donors (Lipinski definition) is 3. The molecule has 0 spiro atoms. The summed E-state index contributed by atoms with van der Waals surface area (Å²) in [6, 6.07) is 15.6. The van der Waals surface area contributed by atoms with Crippen LogP contribution in [-0.4, -0.2) is 66.7 Å². The van der Waals surface area contributed by atoms with Gasteiger partial charge in [0.1, 0.15) is 23.5 Å². The van der Waals surface area contributed by atoms with Crippen molar-refractivity contribution < 1.29 is 28.5 Å². The minimum atomic E-state index is -1.08. The van der Waals surface area contributed by atoms with E-state index >= 15 is 8.78 Å². The molecule has 2 aromatic heterocycles. The van der Waals surface area contributed by atoms with E-state index in [0.717, 1.165) is 22.9 Å². The molecule has 0 saturated carbocycles. The molecule has 0 aliphatic carbocycles. The van der Waals surface area contributed by atoms with E-state index < -0.39 is 29.9 Å². The molecule has 1 saturated heterocycles. The number of nitrogens with zero attached hydrogens (tertiary/aromatic N) is 4. The molecule has 1 aliphatic rings. The molecule has 11 heteroatoms. The van der Waals surface area contributed by atoms with Gasteiger partial charge in [-0.3, -0.25) is 0 Å². The van der Waals surface area contributed by atoms with Gasteiger partial charge in [-0.15, -0.1) is 5.10 Å². The average Bonchev–Trinajstić information content (AvgIpc) is 3.66. The molecule has 9 nitrogen and oxygen atoms in total. The largest absolute Gasteiger partial charge is 0.456 e. The summed E-state index contributed by atoms with van der Waals surface area (Å²) in [5.41, 5.74) is 2.85. The zero-order valence-corrected chi connectivity index (χ0v) is 19.3. The molecule has 37 heavy (non-hydrogen) atoms. The Hall–Kier alpha value is -4.19. The number of nitrogens with one attached hydrogen (secondary N) is 1. The smallest absolute Gasteiger partial charge is 0.295 e. The maximum Gasteiger partial charge on any atom is 0.295 e. The van der Waals surface area contributed by atoms with Crippen LogP contribution in [0.1, 0.15) is 0 Å². The summed E-state index contributed by atoms with van der Waals surface area (Å²) in [7, 11) is 0. The monoisotopic (exact) mass is 505 g/mol. The molecular formula is C26H21F2N5O4. The summed E-state index contributed by atoms with van der Waals surface area (Å²) in [5.74, 6) is -1.59. The van der Waals surface area contributed by atoms with Gasteiger partial charge in [0.05, 0.1) is 42.4 Å². The number of aliphatic hydroxyl groups is 2. The third kappa shape index (κ3) is 4.22. The Balaban J connectivity index is 1.26. The zero-order chi connectivity index (χ0) is 25.5. The standard InChI is InChI=1S/C26H21F2N5O4/c27-18-11-19-24(31-26(30-19)37-21-13-36-20(12-34)25(21)35)23(28)22(18)16-3-1-14(2-4-16)15-5-7-17(8-6-15)33-10-9-29-32-33/h1-11,20-21,25,34-35H,12-13H2,(H,30,31)/t20-,21-,25?/m1/s1. The lowest BCUT2D eigenvalue weighted by Gasteiger charge is -2.15. The number of aliphatic hydroxyl groups excluding tert-OH is 2. The summed E-state index contributed by atoms with van der Waals surface area (Å²) in [4.78, 5) is 6.85. The van der Waals surface area contributed by atoms with Crippen molar-refractivity contribution in [2.45, 2.75) is 18.3 Å². The molecule has 5 aromatic rings. The molecule has 1 unspecified atom stereocenters. The van der Waals surface area contributed by atoms with Crippen molar-refractivity contribution in [3.8, 4) is 34.0 Å². The van der Waals surface area contributed by atoms with Crippen LogP contribution in [0.2, 0.25) is 0 Å². The van der Waals surface area contributed by atoms with Crippen LogP contribution in [-0.2, 0) is 4.74 Å². The molecule has 3 aromatic carbocycles. The molecule has 0 amide bonds. The number of fused-ring (bicyclic) bond motifs is 1. The van der Waals surface area contributed by atoms with E-state index in [0.29, 0.717) is 5.56 Å². The predicted molar refractivity (Wildman–Crippen MR) is 129 cm³/mol. The first-order chi connectivity index (χ1) is 18.0. The van der Waals surface area contributed by atoms with Gasteiger partial charge in [0.15, 0.2) is 11.9 Å². The fourth-order valence-corrected chi connectivity index (χ4v) is 4.42. The van der Waals surface area contributed by atoms with Crippen LogP contribution in [0.25, 0.3) is 39.0 Å². The lowest BCUT2D eigenvalue weighted by Crippen LogP contribution is -2.36. The zero-order valence-electron chi connectivity index (χ0n) is 19.3. The first-order valence-electron chi connectivity index (χ1n) is 11.5. The summed E-state index contributed by atoms with van der Waals surface area (Å²) in [6.07, 6.45) is 0.693. The van der Waals surface area contributed by atoms with Gasteiger partial charge in [-0.25, -0.2) is 13.5 Å². The van der Waals surface area contributed by atoms with Gasteiger partial charge in [0, 0.05) is 6.07 Å². The lowest BCUT2D eigenvalue weighted by molar-refractivity contribution is -0.00390. The van der Waals surface area contributed by atoms with Gasteiger partial charge >= 0.3 is 0 Å². The van der Waals surface area contributed by atoms with Gasteiger partial charge in [-0.2, -0.15) is 4.98 Å². The molecule has 6 rings (SSSR count). The van der Waals surface area contributed by atoms with E-state index in [2.05, 4.69) is 20.3 Å². The summed E-state index contributed by atoms with van der Waals surface area (Å²) >= 11 is 0. The molecule has 0 radical (unpaired) electrons. The number of halogens is 2. The number of H-pyrrole nitrogens is 1. The summed E-state index contributed by atoms with van der Waals surface area (Å²) in [6.45, 7) is -0.335. The highest BCUT2D eigenvalue weighted by Gasteiger charge is 2.37. The van der Waals surface area contributed by atoms with Crippen molar-refractivity contribution in [2.24, 2.45) is 0 Å². The molecule has 188 valence electrons. The van der Waals surface area contributed by atoms with Crippen molar-refractivity contribution in [1.29, 1.82) is 0 Å². The Bertz CT molecular complexity index is 1540. The Kier molecular flexibility index (Phi) is 5.87. The number of ether oxygens (including phenoxy) is 2. The van der Waals surface area contributed by atoms with E-state index in [1.807, 2.05) is 24.3 Å². The van der Waals surface area contributed by atoms with E-state index in [1.165, 1.54) is 0 Å². The Morgan fingerprint density at radius 3 is 2.41 bits per heavy atom. The number of imidazole rings is 1. The van der Waals surface area contributed by atoms with Gasteiger partial charge in [0.25, 0.3) is 6.01 Å². The molecular weight excluding hydrogens is 484 g/mol. The number of rotatable bonds is 6. The minimum absolute atomic E-state index is 0.0288. The van der Waals surface area contributed by atoms with Gasteiger partial charge in [0.2, 0.25) is 0 Å². The highest BCUT2D eigenvalue weighted by molar-refractivity contribution is 5.84. The maximum atomic E-state index is 15.4. The Morgan fingerprint density at radius 2 is 1.76 bits per heavy atom. The van der Waals surface area contributed by atoms with Crippen molar-refractivity contribution in [1.82, 2.24) is 25.0 Å². The summed E-state index contributed by atoms with van der Waals surface area (Å²) < 4.78 is 42.9. The van der Waals surface area contributed by atoms with Crippen LogP contribution in [0.15, 0.2) is 67.0 Å². The van der Waals surface area contributed by atoms with E-state index in [9.17, 15) is 10.2 Å². The fourth-order valence-electron chi connectivity index (χ4n) is 4.42. The van der Waals surface area contributed by atoms with Crippen LogP contribution in [0.5, 0.6) is 6.01 Å². The minimum Gasteiger partial charge on any atom is -0.456 e.